The predicted octanol–water partition coefficient (Wildman–Crippen LogP) is 3.25. The zero-order valence-electron chi connectivity index (χ0n) is 6.10. The Morgan fingerprint density at radius 1 is 1.62 bits per heavy atom. The number of aldehydes is 1. The zero-order valence-corrected chi connectivity index (χ0v) is 8.44. The number of hydrogen-bond donors (Lipinski definition) is 0. The molecule has 0 bridgehead atoms. The van der Waals surface area contributed by atoms with Crippen LogP contribution in [0.1, 0.15) is 22.5 Å². The minimum Gasteiger partial charge on any atom is -0.296 e. The van der Waals surface area contributed by atoms with Crippen molar-refractivity contribution in [2.75, 3.05) is 0 Å². The van der Waals surface area contributed by atoms with Crippen LogP contribution in [0, 0.1) is 0 Å². The highest BCUT2D eigenvalue weighted by Crippen LogP contribution is 2.30. The first-order valence-corrected chi connectivity index (χ1v) is 4.32. The maximum atomic E-state index is 12.3. The van der Waals surface area contributed by atoms with Gasteiger partial charge in [-0.05, 0) is 22.0 Å². The third kappa shape index (κ3) is 2.22. The van der Waals surface area contributed by atoms with Gasteiger partial charge in [-0.3, -0.25) is 4.79 Å². The van der Waals surface area contributed by atoms with E-state index < -0.39 is 12.0 Å². The fraction of sp³-hybridized carbons (Fsp3) is 0.143. The second kappa shape index (κ2) is 4.11. The Balaban J connectivity index is 3.38. The summed E-state index contributed by atoms with van der Waals surface area (Å²) in [6.45, 7) is 0. The van der Waals surface area contributed by atoms with E-state index in [0.717, 1.165) is 0 Å². The molecule has 0 radical (unpaired) electrons. The van der Waals surface area contributed by atoms with Crippen molar-refractivity contribution in [3.8, 4) is 0 Å². The van der Waals surface area contributed by atoms with Crippen LogP contribution in [0.25, 0.3) is 0 Å². The summed E-state index contributed by atoms with van der Waals surface area (Å²) in [4.78, 5) is 13.9. The van der Waals surface area contributed by atoms with Crippen LogP contribution in [0.15, 0.2) is 10.7 Å². The number of nitrogens with zero attached hydrogens (tertiary/aromatic N) is 1. The normalized spacial score (nSPS) is 10.5. The molecule has 1 aromatic heterocycles. The summed E-state index contributed by atoms with van der Waals surface area (Å²) in [6.07, 6.45) is -2.55. The summed E-state index contributed by atoms with van der Waals surface area (Å²) in [5, 5.41) is -0.168. The van der Waals surface area contributed by atoms with Crippen molar-refractivity contribution >= 4 is 33.8 Å². The van der Waals surface area contributed by atoms with E-state index in [1.54, 1.807) is 0 Å². The van der Waals surface area contributed by atoms with Gasteiger partial charge in [-0.2, -0.15) is 0 Å². The Bertz CT molecular complexity index is 346. The summed E-state index contributed by atoms with van der Waals surface area (Å²) in [7, 11) is 0. The van der Waals surface area contributed by atoms with Gasteiger partial charge >= 0.3 is 0 Å². The summed E-state index contributed by atoms with van der Waals surface area (Å²) >= 11 is 8.44. The Hall–Kier alpha value is -0.550. The summed E-state index contributed by atoms with van der Waals surface area (Å²) in [5.74, 6) is 0. The van der Waals surface area contributed by atoms with Gasteiger partial charge in [0.05, 0.1) is 10.6 Å². The standard InChI is InChI=1S/C7H3BrClF2NO/c8-5-1-3(9)6(7(10)11)4(2-13)12-5/h1-2,7H. The van der Waals surface area contributed by atoms with E-state index >= 15 is 0 Å². The second-order valence-corrected chi connectivity index (χ2v) is 3.36. The Labute approximate surface area is 86.0 Å². The van der Waals surface area contributed by atoms with E-state index in [1.807, 2.05) is 0 Å². The van der Waals surface area contributed by atoms with Gasteiger partial charge in [0, 0.05) is 0 Å². The molecular formula is C7H3BrClF2NO. The van der Waals surface area contributed by atoms with Crippen LogP contribution in [0.5, 0.6) is 0 Å². The fourth-order valence-electron chi connectivity index (χ4n) is 0.818. The topological polar surface area (TPSA) is 30.0 Å². The van der Waals surface area contributed by atoms with Crippen molar-refractivity contribution in [3.05, 3.63) is 26.9 Å². The number of halogens is 4. The number of aromatic nitrogens is 1. The molecule has 0 saturated carbocycles. The van der Waals surface area contributed by atoms with Crippen LogP contribution in [-0.2, 0) is 0 Å². The molecule has 1 rings (SSSR count). The highest BCUT2D eigenvalue weighted by Gasteiger charge is 2.18. The lowest BCUT2D eigenvalue weighted by Gasteiger charge is -2.05. The van der Waals surface area contributed by atoms with Crippen LogP contribution in [0.3, 0.4) is 0 Å². The van der Waals surface area contributed by atoms with Crippen LogP contribution in [-0.4, -0.2) is 11.3 Å². The number of hydrogen-bond acceptors (Lipinski definition) is 2. The molecule has 0 saturated heterocycles. The van der Waals surface area contributed by atoms with Gasteiger partial charge in [-0.1, -0.05) is 11.6 Å². The van der Waals surface area contributed by atoms with Crippen molar-refractivity contribution in [2.45, 2.75) is 6.43 Å². The number of rotatable bonds is 2. The van der Waals surface area contributed by atoms with E-state index in [2.05, 4.69) is 20.9 Å². The van der Waals surface area contributed by atoms with Crippen molar-refractivity contribution in [1.29, 1.82) is 0 Å². The van der Waals surface area contributed by atoms with Crippen LogP contribution in [0.4, 0.5) is 8.78 Å². The molecule has 0 fully saturated rings. The van der Waals surface area contributed by atoms with E-state index in [4.69, 9.17) is 11.6 Å². The van der Waals surface area contributed by atoms with Crippen LogP contribution < -0.4 is 0 Å². The highest BCUT2D eigenvalue weighted by molar-refractivity contribution is 9.10. The SMILES string of the molecule is O=Cc1nc(Br)cc(Cl)c1C(F)F. The molecule has 0 spiro atoms. The monoisotopic (exact) mass is 269 g/mol. The molecule has 0 aromatic carbocycles. The highest BCUT2D eigenvalue weighted by atomic mass is 79.9. The minimum atomic E-state index is -2.80. The molecule has 0 atom stereocenters. The number of carbonyl (C=O) groups is 1. The maximum absolute atomic E-state index is 12.3. The van der Waals surface area contributed by atoms with E-state index in [-0.39, 0.29) is 21.6 Å². The predicted molar refractivity (Wildman–Crippen MR) is 47.3 cm³/mol. The number of carbonyl (C=O) groups excluding carboxylic acids is 1. The Morgan fingerprint density at radius 3 is 2.69 bits per heavy atom. The molecule has 70 valence electrons. The molecule has 0 unspecified atom stereocenters. The molecular weight excluding hydrogens is 267 g/mol. The molecule has 1 heterocycles. The molecule has 0 aliphatic rings. The van der Waals surface area contributed by atoms with Crippen molar-refractivity contribution < 1.29 is 13.6 Å². The molecule has 13 heavy (non-hydrogen) atoms. The first kappa shape index (κ1) is 10.5. The van der Waals surface area contributed by atoms with Crippen molar-refractivity contribution in [2.24, 2.45) is 0 Å². The lowest BCUT2D eigenvalue weighted by Crippen LogP contribution is -1.98. The average molecular weight is 270 g/mol. The number of pyridine rings is 1. The van der Waals surface area contributed by atoms with Crippen LogP contribution >= 0.6 is 27.5 Å². The Kier molecular flexibility index (Phi) is 3.33. The number of alkyl halides is 2. The van der Waals surface area contributed by atoms with Crippen LogP contribution in [0.2, 0.25) is 5.02 Å². The smallest absolute Gasteiger partial charge is 0.267 e. The molecule has 6 heteroatoms. The summed E-state index contributed by atoms with van der Waals surface area (Å²) in [5.41, 5.74) is -0.866. The van der Waals surface area contributed by atoms with Gasteiger partial charge in [-0.25, -0.2) is 13.8 Å². The van der Waals surface area contributed by atoms with Crippen molar-refractivity contribution in [1.82, 2.24) is 4.98 Å². The lowest BCUT2D eigenvalue weighted by atomic mass is 10.2. The molecule has 0 aliphatic carbocycles. The lowest BCUT2D eigenvalue weighted by molar-refractivity contribution is 0.110. The third-order valence-electron chi connectivity index (χ3n) is 1.34. The zero-order chi connectivity index (χ0) is 10.0. The van der Waals surface area contributed by atoms with Gasteiger partial charge in [0.1, 0.15) is 10.3 Å². The first-order valence-electron chi connectivity index (χ1n) is 3.15. The van der Waals surface area contributed by atoms with Gasteiger partial charge in [0.15, 0.2) is 6.29 Å². The maximum Gasteiger partial charge on any atom is 0.267 e. The average Bonchev–Trinajstić information content (AvgIpc) is 2.01. The quantitative estimate of drug-likeness (QED) is 0.610. The summed E-state index contributed by atoms with van der Waals surface area (Å²) < 4.78 is 24.9. The minimum absolute atomic E-state index is 0.168. The van der Waals surface area contributed by atoms with Gasteiger partial charge in [0.25, 0.3) is 6.43 Å². The van der Waals surface area contributed by atoms with E-state index in [9.17, 15) is 13.6 Å². The first-order chi connectivity index (χ1) is 6.06. The molecule has 0 amide bonds. The van der Waals surface area contributed by atoms with E-state index in [0.29, 0.717) is 0 Å². The second-order valence-electron chi connectivity index (χ2n) is 2.14. The van der Waals surface area contributed by atoms with Gasteiger partial charge in [0.2, 0.25) is 0 Å². The largest absolute Gasteiger partial charge is 0.296 e. The van der Waals surface area contributed by atoms with Gasteiger partial charge < -0.3 is 0 Å². The molecule has 1 aromatic rings. The van der Waals surface area contributed by atoms with E-state index in [1.165, 1.54) is 6.07 Å². The molecule has 0 aliphatic heterocycles. The Morgan fingerprint density at radius 2 is 2.23 bits per heavy atom. The molecule has 0 N–H and O–H groups in total. The van der Waals surface area contributed by atoms with Gasteiger partial charge in [-0.15, -0.1) is 0 Å². The fourth-order valence-corrected chi connectivity index (χ4v) is 1.65. The third-order valence-corrected chi connectivity index (χ3v) is 2.06. The van der Waals surface area contributed by atoms with Crippen molar-refractivity contribution in [3.63, 3.8) is 0 Å². The summed E-state index contributed by atoms with van der Waals surface area (Å²) in [6, 6.07) is 1.22. The molecule has 2 nitrogen and oxygen atoms in total.